The lowest BCUT2D eigenvalue weighted by molar-refractivity contribution is 0.102. The zero-order valence-corrected chi connectivity index (χ0v) is 11.0. The summed E-state index contributed by atoms with van der Waals surface area (Å²) in [6, 6.07) is 1.84. The normalized spacial score (nSPS) is 10.3. The predicted octanol–water partition coefficient (Wildman–Crippen LogP) is 2.99. The Balaban J connectivity index is 2.22. The molecule has 1 aromatic heterocycles. The molecule has 0 bridgehead atoms. The molecule has 0 fully saturated rings. The van der Waals surface area contributed by atoms with Crippen molar-refractivity contribution >= 4 is 22.4 Å². The van der Waals surface area contributed by atoms with E-state index in [1.165, 1.54) is 20.2 Å². The second-order valence-electron chi connectivity index (χ2n) is 3.72. The van der Waals surface area contributed by atoms with Crippen molar-refractivity contribution in [1.29, 1.82) is 0 Å². The first-order valence-corrected chi connectivity index (χ1v) is 6.09. The minimum absolute atomic E-state index is 0.197. The summed E-state index contributed by atoms with van der Waals surface area (Å²) < 4.78 is 31.5. The number of rotatable bonds is 3. The maximum Gasteiger partial charge on any atom is 0.260 e. The molecule has 1 amide bonds. The summed E-state index contributed by atoms with van der Waals surface area (Å²) in [6.07, 6.45) is 1.44. The van der Waals surface area contributed by atoms with Gasteiger partial charge in [-0.2, -0.15) is 0 Å². The van der Waals surface area contributed by atoms with Gasteiger partial charge in [0.05, 0.1) is 18.9 Å². The molecule has 1 aromatic carbocycles. The molecule has 2 aromatic rings. The van der Waals surface area contributed by atoms with Gasteiger partial charge in [-0.05, 0) is 18.6 Å². The van der Waals surface area contributed by atoms with Crippen molar-refractivity contribution in [2.24, 2.45) is 0 Å². The van der Waals surface area contributed by atoms with E-state index in [9.17, 15) is 13.6 Å². The largest absolute Gasteiger partial charge is 0.486 e. The van der Waals surface area contributed by atoms with Crippen LogP contribution < -0.4 is 10.1 Å². The van der Waals surface area contributed by atoms with Crippen LogP contribution >= 0.6 is 11.3 Å². The van der Waals surface area contributed by atoms with Crippen molar-refractivity contribution in [3.63, 3.8) is 0 Å². The molecule has 4 nitrogen and oxygen atoms in total. The van der Waals surface area contributed by atoms with Crippen molar-refractivity contribution in [3.05, 3.63) is 41.1 Å². The van der Waals surface area contributed by atoms with Gasteiger partial charge in [0, 0.05) is 6.07 Å². The summed E-state index contributed by atoms with van der Waals surface area (Å²) in [4.78, 5) is 15.7. The number of benzene rings is 1. The number of hydrogen-bond acceptors (Lipinski definition) is 4. The van der Waals surface area contributed by atoms with Crippen molar-refractivity contribution in [2.45, 2.75) is 6.92 Å². The number of aryl methyl sites for hydroxylation is 1. The molecule has 0 aliphatic carbocycles. The Morgan fingerprint density at radius 1 is 1.37 bits per heavy atom. The molecule has 0 spiro atoms. The van der Waals surface area contributed by atoms with Crippen LogP contribution in [0.3, 0.4) is 0 Å². The summed E-state index contributed by atoms with van der Waals surface area (Å²) in [5, 5.41) is 3.23. The van der Waals surface area contributed by atoms with Crippen molar-refractivity contribution < 1.29 is 18.3 Å². The van der Waals surface area contributed by atoms with E-state index in [1.54, 1.807) is 0 Å². The minimum Gasteiger partial charge on any atom is -0.486 e. The van der Waals surface area contributed by atoms with E-state index < -0.39 is 17.5 Å². The molecule has 0 aliphatic rings. The Bertz CT molecular complexity index is 628. The third-order valence-corrected chi connectivity index (χ3v) is 3.27. The van der Waals surface area contributed by atoms with Crippen LogP contribution in [0.1, 0.15) is 15.9 Å². The topological polar surface area (TPSA) is 51.2 Å². The molecule has 0 saturated heterocycles. The summed E-state index contributed by atoms with van der Waals surface area (Å²) in [7, 11) is 1.47. The van der Waals surface area contributed by atoms with Crippen LogP contribution in [-0.2, 0) is 0 Å². The first kappa shape index (κ1) is 13.4. The van der Waals surface area contributed by atoms with Crippen LogP contribution in [-0.4, -0.2) is 18.0 Å². The van der Waals surface area contributed by atoms with Crippen LogP contribution in [0.4, 0.5) is 13.9 Å². The molecular weight excluding hydrogens is 274 g/mol. The molecule has 0 radical (unpaired) electrons. The van der Waals surface area contributed by atoms with Crippen LogP contribution in [0, 0.1) is 18.6 Å². The van der Waals surface area contributed by atoms with Gasteiger partial charge in [0.25, 0.3) is 5.91 Å². The van der Waals surface area contributed by atoms with Crippen LogP contribution in [0.2, 0.25) is 0 Å². The fraction of sp³-hybridized carbons (Fsp3) is 0.167. The second kappa shape index (κ2) is 5.31. The molecule has 1 heterocycles. The predicted molar refractivity (Wildman–Crippen MR) is 67.7 cm³/mol. The number of anilines is 1. The third kappa shape index (κ3) is 2.87. The Morgan fingerprint density at radius 3 is 2.74 bits per heavy atom. The van der Waals surface area contributed by atoms with Gasteiger partial charge in [0.2, 0.25) is 0 Å². The maximum atomic E-state index is 13.5. The highest BCUT2D eigenvalue weighted by Crippen LogP contribution is 2.25. The highest BCUT2D eigenvalue weighted by atomic mass is 32.1. The van der Waals surface area contributed by atoms with E-state index in [0.29, 0.717) is 11.1 Å². The number of hydrogen-bond donors (Lipinski definition) is 1. The summed E-state index contributed by atoms with van der Waals surface area (Å²) in [5.41, 5.74) is -0.0312. The summed E-state index contributed by atoms with van der Waals surface area (Å²) in [5.74, 6) is -2.29. The van der Waals surface area contributed by atoms with Gasteiger partial charge in [-0.3, -0.25) is 10.1 Å². The van der Waals surface area contributed by atoms with E-state index in [1.807, 2.05) is 0 Å². The van der Waals surface area contributed by atoms with Gasteiger partial charge in [0.15, 0.2) is 10.2 Å². The van der Waals surface area contributed by atoms with E-state index >= 15 is 0 Å². The molecular formula is C12H10F2N2O2S. The van der Waals surface area contributed by atoms with Crippen LogP contribution in [0.5, 0.6) is 5.06 Å². The van der Waals surface area contributed by atoms with E-state index in [0.717, 1.165) is 17.4 Å². The highest BCUT2D eigenvalue weighted by Gasteiger charge is 2.16. The van der Waals surface area contributed by atoms with Crippen molar-refractivity contribution in [2.75, 3.05) is 12.4 Å². The number of methoxy groups -OCH3 is 1. The number of thiazole rings is 1. The summed E-state index contributed by atoms with van der Waals surface area (Å²) >= 11 is 1.11. The van der Waals surface area contributed by atoms with Gasteiger partial charge < -0.3 is 4.74 Å². The molecule has 0 aliphatic heterocycles. The lowest BCUT2D eigenvalue weighted by Gasteiger charge is -2.05. The van der Waals surface area contributed by atoms with Gasteiger partial charge in [-0.1, -0.05) is 11.3 Å². The van der Waals surface area contributed by atoms with Gasteiger partial charge in [-0.15, -0.1) is 0 Å². The third-order valence-electron chi connectivity index (χ3n) is 2.40. The standard InChI is InChI=1S/C12H10F2N2O2S/c1-6-3-7(9(14)4-8(6)13)11(17)16-12-15-5-10(18-2)19-12/h3-5H,1-2H3,(H,15,16,17). The van der Waals surface area contributed by atoms with E-state index in [-0.39, 0.29) is 16.3 Å². The minimum atomic E-state index is -0.913. The Hall–Kier alpha value is -2.02. The number of carbonyl (C=O) groups excluding carboxylic acids is 1. The molecule has 0 atom stereocenters. The lowest BCUT2D eigenvalue weighted by Crippen LogP contribution is -2.14. The average Bonchev–Trinajstić information content (AvgIpc) is 2.81. The SMILES string of the molecule is COc1cnc(NC(=O)c2cc(C)c(F)cc2F)s1. The molecule has 0 saturated carbocycles. The molecule has 7 heteroatoms. The Kier molecular flexibility index (Phi) is 3.75. The molecule has 1 N–H and O–H groups in total. The van der Waals surface area contributed by atoms with E-state index in [2.05, 4.69) is 10.3 Å². The first-order chi connectivity index (χ1) is 9.01. The van der Waals surface area contributed by atoms with Gasteiger partial charge >= 0.3 is 0 Å². The van der Waals surface area contributed by atoms with Gasteiger partial charge in [0.1, 0.15) is 11.6 Å². The Morgan fingerprint density at radius 2 is 2.11 bits per heavy atom. The lowest BCUT2D eigenvalue weighted by atomic mass is 10.1. The number of amides is 1. The smallest absolute Gasteiger partial charge is 0.260 e. The van der Waals surface area contributed by atoms with Crippen molar-refractivity contribution in [1.82, 2.24) is 4.98 Å². The zero-order chi connectivity index (χ0) is 14.0. The molecule has 0 unspecified atom stereocenters. The zero-order valence-electron chi connectivity index (χ0n) is 10.2. The number of nitrogens with one attached hydrogen (secondary N) is 1. The maximum absolute atomic E-state index is 13.5. The fourth-order valence-corrected chi connectivity index (χ4v) is 2.04. The highest BCUT2D eigenvalue weighted by molar-refractivity contribution is 7.17. The quantitative estimate of drug-likeness (QED) is 0.942. The number of carbonyl (C=O) groups is 1. The number of halogens is 2. The van der Waals surface area contributed by atoms with Crippen LogP contribution in [0.25, 0.3) is 0 Å². The molecule has 2 rings (SSSR count). The average molecular weight is 284 g/mol. The monoisotopic (exact) mass is 284 g/mol. The number of ether oxygens (including phenoxy) is 1. The number of aromatic nitrogens is 1. The fourth-order valence-electron chi connectivity index (χ4n) is 1.41. The summed E-state index contributed by atoms with van der Waals surface area (Å²) in [6.45, 7) is 1.46. The second-order valence-corrected chi connectivity index (χ2v) is 4.72. The number of nitrogens with zero attached hydrogens (tertiary/aromatic N) is 1. The molecule has 19 heavy (non-hydrogen) atoms. The van der Waals surface area contributed by atoms with Crippen LogP contribution in [0.15, 0.2) is 18.3 Å². The van der Waals surface area contributed by atoms with Crippen molar-refractivity contribution in [3.8, 4) is 5.06 Å². The van der Waals surface area contributed by atoms with E-state index in [4.69, 9.17) is 4.74 Å². The van der Waals surface area contributed by atoms with Gasteiger partial charge in [-0.25, -0.2) is 13.8 Å². The molecule has 100 valence electrons. The Labute approximate surface area is 112 Å². The first-order valence-electron chi connectivity index (χ1n) is 5.28.